The Morgan fingerprint density at radius 1 is 1.00 bits per heavy atom. The second-order valence-electron chi connectivity index (χ2n) is 6.47. The fourth-order valence-electron chi connectivity index (χ4n) is 2.99. The van der Waals surface area contributed by atoms with Gasteiger partial charge in [-0.2, -0.15) is 0 Å². The molecule has 0 saturated heterocycles. The van der Waals surface area contributed by atoms with E-state index in [1.807, 2.05) is 48.5 Å². The van der Waals surface area contributed by atoms with E-state index in [2.05, 4.69) is 15.6 Å². The van der Waals surface area contributed by atoms with Gasteiger partial charge in [0.05, 0.1) is 11.8 Å². The molecule has 7 heteroatoms. The van der Waals surface area contributed by atoms with Gasteiger partial charge in [0.2, 0.25) is 0 Å². The number of nitrogens with one attached hydrogen (secondary N) is 2. The molecule has 4 aromatic rings. The molecule has 4 rings (SSSR count). The fourth-order valence-corrected chi connectivity index (χ4v) is 3.16. The van der Waals surface area contributed by atoms with Gasteiger partial charge in [-0.3, -0.25) is 4.79 Å². The molecule has 2 N–H and O–H groups in total. The molecule has 0 bridgehead atoms. The average Bonchev–Trinajstić information content (AvgIpc) is 3.26. The summed E-state index contributed by atoms with van der Waals surface area (Å²) < 4.78 is 5.09. The number of anilines is 1. The average molecular weight is 407 g/mol. The van der Waals surface area contributed by atoms with Crippen molar-refractivity contribution in [3.05, 3.63) is 89.1 Å². The monoisotopic (exact) mass is 406 g/mol. The first kappa shape index (κ1) is 19.0. The molecular weight excluding hydrogens is 388 g/mol. The van der Waals surface area contributed by atoms with Crippen LogP contribution in [0.15, 0.2) is 71.3 Å². The Labute approximate surface area is 172 Å². The van der Waals surface area contributed by atoms with Crippen molar-refractivity contribution in [1.82, 2.24) is 15.3 Å². The van der Waals surface area contributed by atoms with Crippen molar-refractivity contribution in [2.24, 2.45) is 0 Å². The lowest BCUT2D eigenvalue weighted by atomic mass is 10.1. The summed E-state index contributed by atoms with van der Waals surface area (Å²) >= 11 is 6.16. The summed E-state index contributed by atoms with van der Waals surface area (Å²) in [5.74, 6) is 1.45. The number of benzene rings is 2. The number of hydrogen-bond donors (Lipinski definition) is 2. The van der Waals surface area contributed by atoms with E-state index in [1.165, 1.54) is 6.26 Å². The molecule has 1 amide bonds. The van der Waals surface area contributed by atoms with Crippen LogP contribution in [-0.2, 0) is 6.42 Å². The van der Waals surface area contributed by atoms with Gasteiger partial charge in [0, 0.05) is 29.9 Å². The van der Waals surface area contributed by atoms with Gasteiger partial charge in [-0.25, -0.2) is 9.97 Å². The third kappa shape index (κ3) is 4.73. The number of rotatable bonds is 7. The Hall–Kier alpha value is -3.38. The number of fused-ring (bicyclic) bond motifs is 1. The van der Waals surface area contributed by atoms with Crippen LogP contribution in [0.1, 0.15) is 21.9 Å². The molecule has 0 aliphatic heterocycles. The van der Waals surface area contributed by atoms with E-state index < -0.39 is 0 Å². The van der Waals surface area contributed by atoms with Crippen molar-refractivity contribution in [3.8, 4) is 0 Å². The van der Waals surface area contributed by atoms with Crippen molar-refractivity contribution < 1.29 is 9.21 Å². The standard InChI is InChI=1S/C22H19ClN4O2/c23-16-8-9-17-18(14-16)26-20(13-15-5-2-1-3-6-15)27-21(17)24-10-11-25-22(28)19-7-4-12-29-19/h1-9,12,14H,10-11,13H2,(H,25,28)(H,24,26,27). The minimum atomic E-state index is -0.249. The molecule has 0 spiro atoms. The van der Waals surface area contributed by atoms with Crippen molar-refractivity contribution in [1.29, 1.82) is 0 Å². The van der Waals surface area contributed by atoms with Gasteiger partial charge in [-0.05, 0) is 35.9 Å². The number of amides is 1. The summed E-state index contributed by atoms with van der Waals surface area (Å²) in [7, 11) is 0. The van der Waals surface area contributed by atoms with E-state index in [4.69, 9.17) is 21.0 Å². The summed E-state index contributed by atoms with van der Waals surface area (Å²) in [6, 6.07) is 18.9. The molecule has 29 heavy (non-hydrogen) atoms. The summed E-state index contributed by atoms with van der Waals surface area (Å²) in [6.45, 7) is 0.929. The van der Waals surface area contributed by atoms with Crippen molar-refractivity contribution in [2.45, 2.75) is 6.42 Å². The van der Waals surface area contributed by atoms with Crippen LogP contribution in [0.4, 0.5) is 5.82 Å². The zero-order valence-electron chi connectivity index (χ0n) is 15.6. The van der Waals surface area contributed by atoms with Crippen LogP contribution in [0.2, 0.25) is 5.02 Å². The first-order chi connectivity index (χ1) is 14.2. The molecule has 2 aromatic carbocycles. The van der Waals surface area contributed by atoms with Crippen LogP contribution >= 0.6 is 11.6 Å². The molecule has 0 atom stereocenters. The molecule has 2 heterocycles. The number of furan rings is 1. The summed E-state index contributed by atoms with van der Waals surface area (Å²) in [6.07, 6.45) is 2.09. The van der Waals surface area contributed by atoms with Gasteiger partial charge < -0.3 is 15.1 Å². The molecule has 0 aliphatic carbocycles. The number of carbonyl (C=O) groups excluding carboxylic acids is 1. The van der Waals surface area contributed by atoms with Crippen molar-refractivity contribution >= 4 is 34.2 Å². The molecule has 6 nitrogen and oxygen atoms in total. The molecule has 2 aromatic heterocycles. The molecule has 0 fully saturated rings. The molecule has 0 unspecified atom stereocenters. The van der Waals surface area contributed by atoms with E-state index in [1.54, 1.807) is 12.1 Å². The van der Waals surface area contributed by atoms with Crippen LogP contribution < -0.4 is 10.6 Å². The van der Waals surface area contributed by atoms with Crippen LogP contribution in [0.25, 0.3) is 10.9 Å². The minimum absolute atomic E-state index is 0.249. The molecule has 0 saturated carbocycles. The normalized spacial score (nSPS) is 10.8. The highest BCUT2D eigenvalue weighted by Crippen LogP contribution is 2.24. The fraction of sp³-hybridized carbons (Fsp3) is 0.136. The number of carbonyl (C=O) groups is 1. The van der Waals surface area contributed by atoms with Gasteiger partial charge in [-0.15, -0.1) is 0 Å². The first-order valence-corrected chi connectivity index (χ1v) is 9.62. The Kier molecular flexibility index (Phi) is 5.72. The van der Waals surface area contributed by atoms with E-state index in [-0.39, 0.29) is 11.7 Å². The van der Waals surface area contributed by atoms with Gasteiger partial charge in [-0.1, -0.05) is 41.9 Å². The van der Waals surface area contributed by atoms with E-state index >= 15 is 0 Å². The minimum Gasteiger partial charge on any atom is -0.459 e. The quantitative estimate of drug-likeness (QED) is 0.447. The predicted molar refractivity (Wildman–Crippen MR) is 113 cm³/mol. The zero-order chi connectivity index (χ0) is 20.1. The second kappa shape index (κ2) is 8.75. The highest BCUT2D eigenvalue weighted by Gasteiger charge is 2.10. The Morgan fingerprint density at radius 2 is 1.86 bits per heavy atom. The number of aromatic nitrogens is 2. The summed E-state index contributed by atoms with van der Waals surface area (Å²) in [5, 5.41) is 7.60. The van der Waals surface area contributed by atoms with Gasteiger partial charge >= 0.3 is 0 Å². The number of hydrogen-bond acceptors (Lipinski definition) is 5. The third-order valence-corrected chi connectivity index (χ3v) is 4.59. The Bertz CT molecular complexity index is 1110. The molecule has 0 aliphatic rings. The predicted octanol–water partition coefficient (Wildman–Crippen LogP) is 4.31. The second-order valence-corrected chi connectivity index (χ2v) is 6.91. The lowest BCUT2D eigenvalue weighted by molar-refractivity contribution is 0.0927. The highest BCUT2D eigenvalue weighted by atomic mass is 35.5. The first-order valence-electron chi connectivity index (χ1n) is 9.25. The maximum absolute atomic E-state index is 12.0. The van der Waals surface area contributed by atoms with Crippen LogP contribution in [0.5, 0.6) is 0 Å². The zero-order valence-corrected chi connectivity index (χ0v) is 16.3. The highest BCUT2D eigenvalue weighted by molar-refractivity contribution is 6.31. The number of halogens is 1. The summed E-state index contributed by atoms with van der Waals surface area (Å²) in [4.78, 5) is 21.3. The van der Waals surface area contributed by atoms with Gasteiger partial charge in [0.25, 0.3) is 5.91 Å². The van der Waals surface area contributed by atoms with E-state index in [9.17, 15) is 4.79 Å². The van der Waals surface area contributed by atoms with Crippen molar-refractivity contribution in [2.75, 3.05) is 18.4 Å². The smallest absolute Gasteiger partial charge is 0.287 e. The largest absolute Gasteiger partial charge is 0.459 e. The summed E-state index contributed by atoms with van der Waals surface area (Å²) in [5.41, 5.74) is 1.91. The van der Waals surface area contributed by atoms with E-state index in [0.717, 1.165) is 16.5 Å². The number of nitrogens with zero attached hydrogens (tertiary/aromatic N) is 2. The third-order valence-electron chi connectivity index (χ3n) is 4.36. The van der Waals surface area contributed by atoms with Gasteiger partial charge in [0.1, 0.15) is 11.6 Å². The van der Waals surface area contributed by atoms with Crippen LogP contribution in [0.3, 0.4) is 0 Å². The molecule has 0 radical (unpaired) electrons. The molecule has 146 valence electrons. The Morgan fingerprint density at radius 3 is 2.66 bits per heavy atom. The van der Waals surface area contributed by atoms with Gasteiger partial charge in [0.15, 0.2) is 5.76 Å². The van der Waals surface area contributed by atoms with Crippen LogP contribution in [-0.4, -0.2) is 29.0 Å². The topological polar surface area (TPSA) is 80.0 Å². The Balaban J connectivity index is 1.50. The maximum Gasteiger partial charge on any atom is 0.287 e. The van der Waals surface area contributed by atoms with Crippen LogP contribution in [0, 0.1) is 0 Å². The maximum atomic E-state index is 12.0. The SMILES string of the molecule is O=C(NCCNc1nc(Cc2ccccc2)nc2cc(Cl)ccc12)c1ccco1. The lowest BCUT2D eigenvalue weighted by Gasteiger charge is -2.12. The van der Waals surface area contributed by atoms with E-state index in [0.29, 0.717) is 36.2 Å². The molecular formula is C22H19ClN4O2. The van der Waals surface area contributed by atoms with Crippen molar-refractivity contribution in [3.63, 3.8) is 0 Å². The lowest BCUT2D eigenvalue weighted by Crippen LogP contribution is -2.28.